The van der Waals surface area contributed by atoms with Gasteiger partial charge in [0.2, 0.25) is 24.2 Å². The summed E-state index contributed by atoms with van der Waals surface area (Å²) in [7, 11) is 1.57. The van der Waals surface area contributed by atoms with Gasteiger partial charge in [0.05, 0.1) is 7.11 Å². The van der Waals surface area contributed by atoms with Gasteiger partial charge in [-0.1, -0.05) is 0 Å². The lowest BCUT2D eigenvalue weighted by Gasteiger charge is -2.43. The van der Waals surface area contributed by atoms with Crippen LogP contribution in [0.4, 0.5) is 0 Å². The SMILES string of the molecule is COc1ccc(-c2nnc(-c3ccc(O[C@@H]4O[C@H](COC(C)=O)[C@@H](OC(C)=O)[C@H](OC(C)=O)[C@H]4OC(C)=O)cc3)o2)cc1. The van der Waals surface area contributed by atoms with E-state index in [4.69, 9.17) is 37.6 Å². The molecule has 43 heavy (non-hydrogen) atoms. The Morgan fingerprint density at radius 2 is 1.16 bits per heavy atom. The van der Waals surface area contributed by atoms with E-state index in [0.717, 1.165) is 20.8 Å². The molecule has 0 bridgehead atoms. The molecule has 0 amide bonds. The molecule has 14 nitrogen and oxygen atoms in total. The van der Waals surface area contributed by atoms with Gasteiger partial charge in [-0.05, 0) is 48.5 Å². The first-order valence-electron chi connectivity index (χ1n) is 13.1. The Morgan fingerprint density at radius 1 is 0.674 bits per heavy atom. The van der Waals surface area contributed by atoms with Crippen molar-refractivity contribution in [1.82, 2.24) is 10.2 Å². The summed E-state index contributed by atoms with van der Waals surface area (Å²) in [4.78, 5) is 47.5. The molecule has 0 unspecified atom stereocenters. The van der Waals surface area contributed by atoms with Gasteiger partial charge in [0.25, 0.3) is 0 Å². The second-order valence-electron chi connectivity index (χ2n) is 9.35. The van der Waals surface area contributed by atoms with Crippen molar-refractivity contribution in [2.45, 2.75) is 58.4 Å². The fraction of sp³-hybridized carbons (Fsp3) is 0.379. The quantitative estimate of drug-likeness (QED) is 0.246. The lowest BCUT2D eigenvalue weighted by atomic mass is 9.98. The van der Waals surface area contributed by atoms with E-state index in [1.54, 1.807) is 55.6 Å². The third-order valence-electron chi connectivity index (χ3n) is 6.06. The van der Waals surface area contributed by atoms with E-state index in [0.29, 0.717) is 22.8 Å². The summed E-state index contributed by atoms with van der Waals surface area (Å²) >= 11 is 0. The van der Waals surface area contributed by atoms with Crippen molar-refractivity contribution < 1.29 is 56.8 Å². The summed E-state index contributed by atoms with van der Waals surface area (Å²) in [5, 5.41) is 8.21. The van der Waals surface area contributed by atoms with Crippen LogP contribution in [0.3, 0.4) is 0 Å². The number of hydrogen-bond donors (Lipinski definition) is 0. The maximum Gasteiger partial charge on any atom is 0.303 e. The van der Waals surface area contributed by atoms with Crippen molar-refractivity contribution >= 4 is 23.9 Å². The van der Waals surface area contributed by atoms with Crippen LogP contribution in [0.2, 0.25) is 0 Å². The summed E-state index contributed by atoms with van der Waals surface area (Å²) in [5.74, 6) is -1.31. The molecule has 0 spiro atoms. The number of methoxy groups -OCH3 is 1. The zero-order valence-corrected chi connectivity index (χ0v) is 24.0. The van der Waals surface area contributed by atoms with Gasteiger partial charge in [0.1, 0.15) is 24.2 Å². The smallest absolute Gasteiger partial charge is 0.303 e. The van der Waals surface area contributed by atoms with Crippen molar-refractivity contribution in [2.24, 2.45) is 0 Å². The monoisotopic (exact) mass is 598 g/mol. The van der Waals surface area contributed by atoms with E-state index in [1.165, 1.54) is 6.92 Å². The molecule has 14 heteroatoms. The first-order valence-corrected chi connectivity index (χ1v) is 13.1. The molecule has 4 rings (SSSR count). The largest absolute Gasteiger partial charge is 0.497 e. The van der Waals surface area contributed by atoms with Crippen LogP contribution in [0.25, 0.3) is 22.9 Å². The Bertz CT molecular complexity index is 1440. The Morgan fingerprint density at radius 3 is 1.65 bits per heavy atom. The third-order valence-corrected chi connectivity index (χ3v) is 6.06. The van der Waals surface area contributed by atoms with E-state index in [9.17, 15) is 19.2 Å². The Hall–Kier alpha value is -4.98. The summed E-state index contributed by atoms with van der Waals surface area (Å²) in [5.41, 5.74) is 1.30. The minimum Gasteiger partial charge on any atom is -0.497 e. The molecule has 0 radical (unpaired) electrons. The second kappa shape index (κ2) is 13.8. The molecule has 3 aromatic rings. The van der Waals surface area contributed by atoms with Gasteiger partial charge < -0.3 is 37.6 Å². The summed E-state index contributed by atoms with van der Waals surface area (Å²) in [6.07, 6.45) is -6.50. The van der Waals surface area contributed by atoms with Crippen molar-refractivity contribution in [3.05, 3.63) is 48.5 Å². The van der Waals surface area contributed by atoms with Crippen molar-refractivity contribution in [3.8, 4) is 34.4 Å². The van der Waals surface area contributed by atoms with Gasteiger partial charge in [0.15, 0.2) is 12.2 Å². The number of benzene rings is 2. The molecule has 1 aromatic heterocycles. The van der Waals surface area contributed by atoms with Gasteiger partial charge in [-0.2, -0.15) is 0 Å². The van der Waals surface area contributed by atoms with E-state index in [1.807, 2.05) is 0 Å². The molecule has 2 heterocycles. The van der Waals surface area contributed by atoms with Crippen LogP contribution in [0, 0.1) is 0 Å². The number of esters is 4. The Labute approximate surface area is 246 Å². The standard InChI is InChI=1S/C29H30N2O12/c1-15(32)37-14-23-24(38-16(2)33)25(39-17(3)34)26(40-18(4)35)29(42-23)41-22-12-8-20(9-13-22)28-31-30-27(43-28)19-6-10-21(36-5)11-7-19/h6-13,23-26,29H,14H2,1-5H3/t23-,24-,25+,26-,29-/m1/s1. The van der Waals surface area contributed by atoms with Gasteiger partial charge in [-0.15, -0.1) is 10.2 Å². The van der Waals surface area contributed by atoms with Crippen molar-refractivity contribution in [2.75, 3.05) is 13.7 Å². The van der Waals surface area contributed by atoms with Gasteiger partial charge in [-0.3, -0.25) is 19.2 Å². The highest BCUT2D eigenvalue weighted by Crippen LogP contribution is 2.32. The first-order chi connectivity index (χ1) is 20.5. The maximum absolute atomic E-state index is 12.0. The molecule has 1 aliphatic heterocycles. The van der Waals surface area contributed by atoms with E-state index in [-0.39, 0.29) is 18.2 Å². The average molecular weight is 599 g/mol. The van der Waals surface area contributed by atoms with Gasteiger partial charge in [0, 0.05) is 38.8 Å². The number of carbonyl (C=O) groups is 4. The van der Waals surface area contributed by atoms with Crippen molar-refractivity contribution in [3.63, 3.8) is 0 Å². The predicted molar refractivity (Wildman–Crippen MR) is 144 cm³/mol. The number of carbonyl (C=O) groups excluding carboxylic acids is 4. The normalized spacial score (nSPS) is 21.3. The van der Waals surface area contributed by atoms with Crippen LogP contribution in [-0.4, -0.2) is 78.5 Å². The molecule has 5 atom stereocenters. The molecule has 0 aliphatic carbocycles. The Kier molecular flexibility index (Phi) is 9.93. The first kappa shape index (κ1) is 31.0. The lowest BCUT2D eigenvalue weighted by molar-refractivity contribution is -0.288. The highest BCUT2D eigenvalue weighted by atomic mass is 16.7. The van der Waals surface area contributed by atoms with Crippen LogP contribution in [-0.2, 0) is 42.9 Å². The number of ether oxygens (including phenoxy) is 7. The summed E-state index contributed by atoms with van der Waals surface area (Å²) < 4.78 is 44.3. The van der Waals surface area contributed by atoms with Crippen LogP contribution in [0.5, 0.6) is 11.5 Å². The van der Waals surface area contributed by atoms with Crippen LogP contribution < -0.4 is 9.47 Å². The van der Waals surface area contributed by atoms with Crippen LogP contribution in [0.1, 0.15) is 27.7 Å². The Balaban J connectivity index is 1.58. The minimum atomic E-state index is -1.36. The summed E-state index contributed by atoms with van der Waals surface area (Å²) in [6, 6.07) is 13.6. The molecular weight excluding hydrogens is 568 g/mol. The van der Waals surface area contributed by atoms with Crippen LogP contribution >= 0.6 is 0 Å². The number of rotatable bonds is 10. The maximum atomic E-state index is 12.0. The molecular formula is C29H30N2O12. The third kappa shape index (κ3) is 8.07. The van der Waals surface area contributed by atoms with Crippen molar-refractivity contribution in [1.29, 1.82) is 0 Å². The van der Waals surface area contributed by atoms with E-state index >= 15 is 0 Å². The van der Waals surface area contributed by atoms with Gasteiger partial charge in [-0.25, -0.2) is 0 Å². The number of hydrogen-bond acceptors (Lipinski definition) is 14. The highest BCUT2D eigenvalue weighted by molar-refractivity contribution is 5.69. The molecule has 0 saturated carbocycles. The fourth-order valence-electron chi connectivity index (χ4n) is 4.28. The lowest BCUT2D eigenvalue weighted by Crippen LogP contribution is -2.63. The molecule has 228 valence electrons. The minimum absolute atomic E-state index is 0.254. The topological polar surface area (TPSA) is 172 Å². The average Bonchev–Trinajstić information content (AvgIpc) is 3.45. The highest BCUT2D eigenvalue weighted by Gasteiger charge is 2.53. The fourth-order valence-corrected chi connectivity index (χ4v) is 4.28. The molecule has 1 fully saturated rings. The molecule has 1 saturated heterocycles. The van der Waals surface area contributed by atoms with E-state index in [2.05, 4.69) is 10.2 Å². The molecule has 2 aromatic carbocycles. The second-order valence-corrected chi connectivity index (χ2v) is 9.35. The molecule has 0 N–H and O–H groups in total. The zero-order chi connectivity index (χ0) is 31.1. The molecule has 1 aliphatic rings. The van der Waals surface area contributed by atoms with Crippen LogP contribution in [0.15, 0.2) is 52.9 Å². The summed E-state index contributed by atoms with van der Waals surface area (Å²) in [6.45, 7) is 4.24. The number of aromatic nitrogens is 2. The van der Waals surface area contributed by atoms with Gasteiger partial charge >= 0.3 is 23.9 Å². The number of nitrogens with zero attached hydrogens (tertiary/aromatic N) is 2. The predicted octanol–water partition coefficient (Wildman–Crippen LogP) is 2.87. The zero-order valence-electron chi connectivity index (χ0n) is 24.0. The van der Waals surface area contributed by atoms with E-state index < -0.39 is 54.6 Å².